The van der Waals surface area contributed by atoms with Crippen LogP contribution in [0.3, 0.4) is 0 Å². The van der Waals surface area contributed by atoms with E-state index in [-0.39, 0.29) is 18.3 Å². The normalized spacial score (nSPS) is 20.3. The van der Waals surface area contributed by atoms with Crippen LogP contribution in [0.15, 0.2) is 24.3 Å². The second-order valence-electron chi connectivity index (χ2n) is 6.38. The zero-order valence-electron chi connectivity index (χ0n) is 15.0. The molecule has 0 saturated carbocycles. The molecule has 27 heavy (non-hydrogen) atoms. The van der Waals surface area contributed by atoms with E-state index < -0.39 is 6.36 Å². The van der Waals surface area contributed by atoms with Gasteiger partial charge >= 0.3 is 6.36 Å². The molecule has 0 aromatic heterocycles. The van der Waals surface area contributed by atoms with Gasteiger partial charge in [-0.15, -0.1) is 13.2 Å². The fourth-order valence-electron chi connectivity index (χ4n) is 2.94. The van der Waals surface area contributed by atoms with E-state index in [9.17, 15) is 18.0 Å². The van der Waals surface area contributed by atoms with Gasteiger partial charge in [-0.25, -0.2) is 0 Å². The highest BCUT2D eigenvalue weighted by Crippen LogP contribution is 2.23. The number of rotatable bonds is 9. The van der Waals surface area contributed by atoms with E-state index >= 15 is 0 Å². The maximum Gasteiger partial charge on any atom is 0.573 e. The minimum Gasteiger partial charge on any atom is -0.406 e. The summed E-state index contributed by atoms with van der Waals surface area (Å²) < 4.78 is 45.4. The molecule has 1 amide bonds. The molecule has 2 rings (SSSR count). The number of carbonyl (C=O) groups is 1. The zero-order chi connectivity index (χ0) is 19.7. The average Bonchev–Trinajstić information content (AvgIpc) is 2.60. The summed E-state index contributed by atoms with van der Waals surface area (Å²) >= 11 is 0. The van der Waals surface area contributed by atoms with Crippen LogP contribution in [0.1, 0.15) is 0 Å². The van der Waals surface area contributed by atoms with Crippen molar-refractivity contribution in [2.24, 2.45) is 0 Å². The van der Waals surface area contributed by atoms with Gasteiger partial charge in [-0.2, -0.15) is 0 Å². The predicted octanol–water partition coefficient (Wildman–Crippen LogP) is -1.68. The van der Waals surface area contributed by atoms with E-state index in [0.717, 1.165) is 44.9 Å². The lowest BCUT2D eigenvalue weighted by Crippen LogP contribution is -3.28. The Kier molecular flexibility index (Phi) is 8.29. The molecule has 0 atom stereocenters. The number of aliphatic hydroxyl groups excluding tert-OH is 1. The number of alkyl halides is 3. The summed E-state index contributed by atoms with van der Waals surface area (Å²) in [5.74, 6) is -0.502. The van der Waals surface area contributed by atoms with Gasteiger partial charge in [0.15, 0.2) is 6.54 Å². The molecule has 0 unspecified atom stereocenters. The van der Waals surface area contributed by atoms with Crippen LogP contribution >= 0.6 is 0 Å². The predicted molar refractivity (Wildman–Crippen MR) is 90.8 cm³/mol. The van der Waals surface area contributed by atoms with Gasteiger partial charge in [-0.05, 0) is 24.3 Å². The Balaban J connectivity index is 1.67. The summed E-state index contributed by atoms with van der Waals surface area (Å²) in [6.07, 6.45) is -4.73. The molecule has 1 saturated heterocycles. The lowest BCUT2D eigenvalue weighted by Gasteiger charge is -2.29. The molecule has 1 aromatic carbocycles. The topological polar surface area (TPSA) is 76.7 Å². The molecule has 0 aliphatic carbocycles. The lowest BCUT2D eigenvalue weighted by atomic mass is 10.3. The van der Waals surface area contributed by atoms with Crippen molar-refractivity contribution in [3.63, 3.8) is 0 Å². The SMILES string of the molecule is O=C(C[NH+]1CC[NH+](CCOCCO)CC1)Nc1ccc(OC(F)(F)F)cc1. The van der Waals surface area contributed by atoms with Gasteiger partial charge in [-0.1, -0.05) is 0 Å². The summed E-state index contributed by atoms with van der Waals surface area (Å²) in [5, 5.41) is 11.4. The molecule has 1 fully saturated rings. The van der Waals surface area contributed by atoms with Crippen molar-refractivity contribution in [2.45, 2.75) is 6.36 Å². The summed E-state index contributed by atoms with van der Waals surface area (Å²) in [7, 11) is 0. The number of quaternary nitrogens is 2. The number of halogens is 3. The van der Waals surface area contributed by atoms with Gasteiger partial charge in [-0.3, -0.25) is 4.79 Å². The first-order valence-electron chi connectivity index (χ1n) is 8.87. The molecule has 1 aliphatic heterocycles. The van der Waals surface area contributed by atoms with Gasteiger partial charge in [0, 0.05) is 5.69 Å². The van der Waals surface area contributed by atoms with Crippen LogP contribution in [0.4, 0.5) is 18.9 Å². The number of carbonyl (C=O) groups excluding carboxylic acids is 1. The van der Waals surface area contributed by atoms with E-state index in [1.54, 1.807) is 0 Å². The summed E-state index contributed by atoms with van der Waals surface area (Å²) in [6.45, 7) is 5.79. The molecule has 1 aromatic rings. The molecule has 0 spiro atoms. The number of benzene rings is 1. The molecule has 1 heterocycles. The average molecular weight is 393 g/mol. The zero-order valence-corrected chi connectivity index (χ0v) is 15.0. The minimum absolute atomic E-state index is 0.0282. The van der Waals surface area contributed by atoms with Crippen molar-refractivity contribution in [1.82, 2.24) is 0 Å². The van der Waals surface area contributed by atoms with Gasteiger partial charge in [0.05, 0.1) is 19.8 Å². The Hall–Kier alpha value is -1.88. The number of amides is 1. The lowest BCUT2D eigenvalue weighted by molar-refractivity contribution is -1.01. The smallest absolute Gasteiger partial charge is 0.406 e. The first kappa shape index (κ1) is 21.4. The van der Waals surface area contributed by atoms with Crippen LogP contribution in [0.25, 0.3) is 0 Å². The van der Waals surface area contributed by atoms with Crippen molar-refractivity contribution in [3.8, 4) is 5.75 Å². The molecule has 0 bridgehead atoms. The Labute approximate surface area is 155 Å². The van der Waals surface area contributed by atoms with Crippen molar-refractivity contribution >= 4 is 11.6 Å². The van der Waals surface area contributed by atoms with Crippen LogP contribution < -0.4 is 19.9 Å². The van der Waals surface area contributed by atoms with Gasteiger partial charge in [0.25, 0.3) is 5.91 Å². The van der Waals surface area contributed by atoms with E-state index in [4.69, 9.17) is 9.84 Å². The van der Waals surface area contributed by atoms with E-state index in [1.165, 1.54) is 21.9 Å². The maximum absolute atomic E-state index is 12.1. The first-order chi connectivity index (χ1) is 12.9. The second kappa shape index (κ2) is 10.5. The Bertz CT molecular complexity index is 576. The number of ether oxygens (including phenoxy) is 2. The monoisotopic (exact) mass is 393 g/mol. The highest BCUT2D eigenvalue weighted by atomic mass is 19.4. The quantitative estimate of drug-likeness (QED) is 0.378. The van der Waals surface area contributed by atoms with Crippen LogP contribution in [0.2, 0.25) is 0 Å². The van der Waals surface area contributed by atoms with Crippen LogP contribution in [0, 0.1) is 0 Å². The maximum atomic E-state index is 12.1. The van der Waals surface area contributed by atoms with Gasteiger partial charge < -0.3 is 29.7 Å². The highest BCUT2D eigenvalue weighted by molar-refractivity contribution is 5.91. The Morgan fingerprint density at radius 2 is 1.70 bits per heavy atom. The Morgan fingerprint density at radius 1 is 1.07 bits per heavy atom. The van der Waals surface area contributed by atoms with Crippen molar-refractivity contribution in [3.05, 3.63) is 24.3 Å². The molecule has 0 radical (unpaired) electrons. The fraction of sp³-hybridized carbons (Fsp3) is 0.588. The number of hydrogen-bond acceptors (Lipinski definition) is 4. The standard InChI is InChI=1S/C17H24F3N3O4/c18-17(19,20)27-15-3-1-14(2-4-15)21-16(25)13-23-7-5-22(6-8-23)9-11-26-12-10-24/h1-4,24H,5-13H2,(H,21,25)/p+2. The molecule has 7 nitrogen and oxygen atoms in total. The number of aliphatic hydroxyl groups is 1. The molecular weight excluding hydrogens is 367 g/mol. The first-order valence-corrected chi connectivity index (χ1v) is 8.87. The van der Waals surface area contributed by atoms with Crippen LogP contribution in [-0.4, -0.2) is 76.5 Å². The van der Waals surface area contributed by atoms with Crippen LogP contribution in [0.5, 0.6) is 5.75 Å². The summed E-state index contributed by atoms with van der Waals surface area (Å²) in [6, 6.07) is 5.08. The number of nitrogens with one attached hydrogen (secondary N) is 3. The van der Waals surface area contributed by atoms with Gasteiger partial charge in [0.1, 0.15) is 38.5 Å². The largest absolute Gasteiger partial charge is 0.573 e. The Morgan fingerprint density at radius 3 is 2.30 bits per heavy atom. The third-order valence-electron chi connectivity index (χ3n) is 4.28. The molecule has 10 heteroatoms. The third-order valence-corrected chi connectivity index (χ3v) is 4.28. The van der Waals surface area contributed by atoms with Gasteiger partial charge in [0.2, 0.25) is 0 Å². The molecule has 1 aliphatic rings. The van der Waals surface area contributed by atoms with Crippen molar-refractivity contribution in [2.75, 3.05) is 64.4 Å². The molecule has 152 valence electrons. The fourth-order valence-corrected chi connectivity index (χ4v) is 2.94. The summed E-state index contributed by atoms with van der Waals surface area (Å²) in [5.41, 5.74) is 0.430. The van der Waals surface area contributed by atoms with Crippen molar-refractivity contribution in [1.29, 1.82) is 0 Å². The second-order valence-corrected chi connectivity index (χ2v) is 6.38. The van der Waals surface area contributed by atoms with E-state index in [0.29, 0.717) is 25.4 Å². The van der Waals surface area contributed by atoms with Crippen LogP contribution in [-0.2, 0) is 9.53 Å². The number of anilines is 1. The van der Waals surface area contributed by atoms with E-state index in [1.807, 2.05) is 0 Å². The van der Waals surface area contributed by atoms with Crippen molar-refractivity contribution < 1.29 is 42.3 Å². The summed E-state index contributed by atoms with van der Waals surface area (Å²) in [4.78, 5) is 14.7. The molecular formula is C17H26F3N3O4+2. The number of hydrogen-bond donors (Lipinski definition) is 4. The number of piperazine rings is 1. The highest BCUT2D eigenvalue weighted by Gasteiger charge is 2.31. The van der Waals surface area contributed by atoms with E-state index in [2.05, 4.69) is 10.1 Å². The minimum atomic E-state index is -4.73. The molecule has 4 N–H and O–H groups in total. The third kappa shape index (κ3) is 8.57.